The number of hydrogen-bond donors (Lipinski definition) is 2. The van der Waals surface area contributed by atoms with Crippen LogP contribution in [0.15, 0.2) is 30.3 Å². The molecule has 1 aromatic rings. The van der Waals surface area contributed by atoms with E-state index < -0.39 is 0 Å². The molecular weight excluding hydrogens is 296 g/mol. The average Bonchev–Trinajstić information content (AvgIpc) is 2.49. The molecule has 1 unspecified atom stereocenters. The van der Waals surface area contributed by atoms with Crippen molar-refractivity contribution in [2.75, 3.05) is 19.6 Å². The summed E-state index contributed by atoms with van der Waals surface area (Å²) in [6.45, 7) is 7.31. The molecule has 0 saturated carbocycles. The van der Waals surface area contributed by atoms with Gasteiger partial charge in [-0.3, -0.25) is 4.79 Å². The normalized spacial score (nSPS) is 18.4. The van der Waals surface area contributed by atoms with Gasteiger partial charge in [0.1, 0.15) is 0 Å². The van der Waals surface area contributed by atoms with Crippen LogP contribution in [-0.4, -0.2) is 25.5 Å². The van der Waals surface area contributed by atoms with Crippen LogP contribution in [0.25, 0.3) is 0 Å². The molecule has 2 N–H and O–H groups in total. The molecule has 1 aliphatic heterocycles. The Labute approximate surface area is 140 Å². The van der Waals surface area contributed by atoms with E-state index in [4.69, 9.17) is 0 Å². The second kappa shape index (κ2) is 9.16. The van der Waals surface area contributed by atoms with E-state index >= 15 is 0 Å². The Kier molecular flexibility index (Phi) is 7.91. The number of rotatable bonds is 6. The van der Waals surface area contributed by atoms with E-state index in [1.54, 1.807) is 0 Å². The molecule has 1 atom stereocenters. The monoisotopic (exact) mass is 324 g/mol. The zero-order chi connectivity index (χ0) is 15.1. The van der Waals surface area contributed by atoms with E-state index in [1.807, 2.05) is 18.2 Å². The fraction of sp³-hybridized carbons (Fsp3) is 0.611. The predicted molar refractivity (Wildman–Crippen MR) is 94.6 cm³/mol. The van der Waals surface area contributed by atoms with Crippen LogP contribution in [0.4, 0.5) is 0 Å². The third-order valence-electron chi connectivity index (χ3n) is 4.43. The van der Waals surface area contributed by atoms with Gasteiger partial charge in [0.2, 0.25) is 5.91 Å². The van der Waals surface area contributed by atoms with Crippen LogP contribution < -0.4 is 10.6 Å². The first-order chi connectivity index (χ1) is 10.1. The van der Waals surface area contributed by atoms with Crippen molar-refractivity contribution in [2.24, 2.45) is 5.92 Å². The fourth-order valence-electron chi connectivity index (χ4n) is 3.04. The van der Waals surface area contributed by atoms with Crippen molar-refractivity contribution in [2.45, 2.75) is 44.9 Å². The lowest BCUT2D eigenvalue weighted by molar-refractivity contribution is -0.122. The molecule has 124 valence electrons. The number of hydrogen-bond acceptors (Lipinski definition) is 2. The molecule has 1 amide bonds. The Morgan fingerprint density at radius 3 is 2.68 bits per heavy atom. The van der Waals surface area contributed by atoms with Crippen LogP contribution in [0, 0.1) is 5.92 Å². The van der Waals surface area contributed by atoms with Gasteiger partial charge >= 0.3 is 0 Å². The molecule has 1 heterocycles. The SMILES string of the molecule is CC(C)(CC(=O)NCCC1CCCNC1)c1ccccc1.Cl. The van der Waals surface area contributed by atoms with Crippen molar-refractivity contribution < 1.29 is 4.79 Å². The van der Waals surface area contributed by atoms with Gasteiger partial charge in [-0.25, -0.2) is 0 Å². The van der Waals surface area contributed by atoms with Gasteiger partial charge in [0.05, 0.1) is 0 Å². The second-order valence-electron chi connectivity index (χ2n) is 6.78. The van der Waals surface area contributed by atoms with Crippen molar-refractivity contribution in [3.05, 3.63) is 35.9 Å². The van der Waals surface area contributed by atoms with E-state index in [2.05, 4.69) is 36.6 Å². The second-order valence-corrected chi connectivity index (χ2v) is 6.78. The molecule has 0 aliphatic carbocycles. The third kappa shape index (κ3) is 5.98. The number of benzene rings is 1. The maximum atomic E-state index is 12.1. The summed E-state index contributed by atoms with van der Waals surface area (Å²) in [6, 6.07) is 10.3. The van der Waals surface area contributed by atoms with Crippen LogP contribution in [-0.2, 0) is 10.2 Å². The van der Waals surface area contributed by atoms with Crippen molar-refractivity contribution in [1.29, 1.82) is 0 Å². The third-order valence-corrected chi connectivity index (χ3v) is 4.43. The average molecular weight is 325 g/mol. The summed E-state index contributed by atoms with van der Waals surface area (Å²) in [5.74, 6) is 0.883. The molecular formula is C18H29ClN2O. The number of amides is 1. The molecule has 1 saturated heterocycles. The minimum Gasteiger partial charge on any atom is -0.356 e. The van der Waals surface area contributed by atoms with Crippen LogP contribution >= 0.6 is 12.4 Å². The Balaban J connectivity index is 0.00000242. The highest BCUT2D eigenvalue weighted by molar-refractivity contribution is 5.85. The lowest BCUT2D eigenvalue weighted by atomic mass is 9.81. The Morgan fingerprint density at radius 2 is 2.05 bits per heavy atom. The highest BCUT2D eigenvalue weighted by Gasteiger charge is 2.24. The van der Waals surface area contributed by atoms with Gasteiger partial charge in [0, 0.05) is 13.0 Å². The number of nitrogens with one attached hydrogen (secondary N) is 2. The minimum atomic E-state index is -0.113. The van der Waals surface area contributed by atoms with Crippen molar-refractivity contribution in [3.8, 4) is 0 Å². The fourth-order valence-corrected chi connectivity index (χ4v) is 3.04. The molecule has 0 bridgehead atoms. The number of carbonyl (C=O) groups is 1. The smallest absolute Gasteiger partial charge is 0.220 e. The molecule has 0 spiro atoms. The van der Waals surface area contributed by atoms with Crippen LogP contribution in [0.1, 0.15) is 45.1 Å². The van der Waals surface area contributed by atoms with Gasteiger partial charge < -0.3 is 10.6 Å². The lowest BCUT2D eigenvalue weighted by Gasteiger charge is -2.25. The lowest BCUT2D eigenvalue weighted by Crippen LogP contribution is -2.35. The number of piperidine rings is 1. The maximum Gasteiger partial charge on any atom is 0.220 e. The van der Waals surface area contributed by atoms with Gasteiger partial charge in [-0.2, -0.15) is 0 Å². The van der Waals surface area contributed by atoms with E-state index in [-0.39, 0.29) is 23.7 Å². The Morgan fingerprint density at radius 1 is 1.32 bits per heavy atom. The molecule has 1 aliphatic rings. The summed E-state index contributed by atoms with van der Waals surface area (Å²) in [7, 11) is 0. The van der Waals surface area contributed by atoms with Gasteiger partial charge in [-0.15, -0.1) is 12.4 Å². The molecule has 2 rings (SSSR count). The van der Waals surface area contributed by atoms with E-state index in [0.717, 1.165) is 32.0 Å². The summed E-state index contributed by atoms with van der Waals surface area (Å²) in [5, 5.41) is 6.51. The summed E-state index contributed by atoms with van der Waals surface area (Å²) in [6.07, 6.45) is 4.18. The molecule has 4 heteroatoms. The first-order valence-electron chi connectivity index (χ1n) is 8.11. The first-order valence-corrected chi connectivity index (χ1v) is 8.11. The molecule has 3 nitrogen and oxygen atoms in total. The van der Waals surface area contributed by atoms with E-state index in [0.29, 0.717) is 6.42 Å². The van der Waals surface area contributed by atoms with Gasteiger partial charge in [0.15, 0.2) is 0 Å². The standard InChI is InChI=1S/C18H28N2O.ClH/c1-18(2,16-8-4-3-5-9-16)13-17(21)20-12-10-15-7-6-11-19-14-15;/h3-5,8-9,15,19H,6-7,10-14H2,1-2H3,(H,20,21);1H. The van der Waals surface area contributed by atoms with Crippen LogP contribution in [0.2, 0.25) is 0 Å². The van der Waals surface area contributed by atoms with E-state index in [9.17, 15) is 4.79 Å². The van der Waals surface area contributed by atoms with Gasteiger partial charge in [0.25, 0.3) is 0 Å². The van der Waals surface area contributed by atoms with Crippen LogP contribution in [0.5, 0.6) is 0 Å². The van der Waals surface area contributed by atoms with Gasteiger partial charge in [-0.05, 0) is 49.2 Å². The molecule has 1 fully saturated rings. The van der Waals surface area contributed by atoms with Crippen molar-refractivity contribution >= 4 is 18.3 Å². The summed E-state index contributed by atoms with van der Waals surface area (Å²) in [5.41, 5.74) is 1.11. The van der Waals surface area contributed by atoms with Crippen LogP contribution in [0.3, 0.4) is 0 Å². The zero-order valence-electron chi connectivity index (χ0n) is 13.7. The Hall–Kier alpha value is -1.06. The van der Waals surface area contributed by atoms with Gasteiger partial charge in [-0.1, -0.05) is 44.2 Å². The highest BCUT2D eigenvalue weighted by Crippen LogP contribution is 2.26. The predicted octanol–water partition coefficient (Wildman–Crippen LogP) is 3.28. The first kappa shape index (κ1) is 19.0. The summed E-state index contributed by atoms with van der Waals surface area (Å²) in [4.78, 5) is 12.1. The highest BCUT2D eigenvalue weighted by atomic mass is 35.5. The molecule has 0 radical (unpaired) electrons. The molecule has 22 heavy (non-hydrogen) atoms. The van der Waals surface area contributed by atoms with Crippen molar-refractivity contribution in [3.63, 3.8) is 0 Å². The largest absolute Gasteiger partial charge is 0.356 e. The number of halogens is 1. The van der Waals surface area contributed by atoms with Crippen molar-refractivity contribution in [1.82, 2.24) is 10.6 Å². The minimum absolute atomic E-state index is 0. The summed E-state index contributed by atoms with van der Waals surface area (Å²) >= 11 is 0. The van der Waals surface area contributed by atoms with E-state index in [1.165, 1.54) is 18.4 Å². The zero-order valence-corrected chi connectivity index (χ0v) is 14.5. The molecule has 0 aromatic heterocycles. The Bertz CT molecular complexity index is 442. The number of carbonyl (C=O) groups excluding carboxylic acids is 1. The quantitative estimate of drug-likeness (QED) is 0.843. The molecule has 1 aromatic carbocycles. The topological polar surface area (TPSA) is 41.1 Å². The summed E-state index contributed by atoms with van der Waals surface area (Å²) < 4.78 is 0. The maximum absolute atomic E-state index is 12.1.